The van der Waals surface area contributed by atoms with Crippen molar-refractivity contribution >= 4 is 17.3 Å². The van der Waals surface area contributed by atoms with Crippen molar-refractivity contribution in [3.05, 3.63) is 171 Å². The topological polar surface area (TPSA) is 131 Å². The van der Waals surface area contributed by atoms with Gasteiger partial charge in [-0.3, -0.25) is 4.79 Å². The predicted molar refractivity (Wildman–Crippen MR) is 144 cm³/mol. The Morgan fingerprint density at radius 1 is 0.558 bits per heavy atom. The van der Waals surface area contributed by atoms with E-state index in [2.05, 4.69) is 39.4 Å². The van der Waals surface area contributed by atoms with Crippen molar-refractivity contribution in [2.45, 2.75) is 20.8 Å². The first-order valence-electron chi connectivity index (χ1n) is 11.4. The standard InChI is InChI=1S/C30H24O3.4CO.2Co/c1-21(31)19-28(25-15-9-5-10-16-25)29(23(3)33)30(26-17-11-6-12-18-26)27(22(2)32)20-24-13-7-4-8-14-24;4*1-2;;/h4-18H,1-3H3;;;;;;/q-2;;;;;;. The summed E-state index contributed by atoms with van der Waals surface area (Å²) in [5.41, 5.74) is 2.05. The molecule has 3 aromatic carbocycles. The number of ketones is 3. The van der Waals surface area contributed by atoms with Gasteiger partial charge in [0.05, 0.1) is 0 Å². The first-order chi connectivity index (χ1) is 19.9. The molecule has 0 aliphatic rings. The van der Waals surface area contributed by atoms with Gasteiger partial charge in [0.1, 0.15) is 11.6 Å². The third-order valence-corrected chi connectivity index (χ3v) is 4.92. The van der Waals surface area contributed by atoms with E-state index in [1.807, 2.05) is 91.0 Å². The fourth-order valence-corrected chi connectivity index (χ4v) is 3.55. The summed E-state index contributed by atoms with van der Waals surface area (Å²) in [5, 5.41) is 0. The average molecular weight is 662 g/mol. The molecule has 0 bridgehead atoms. The van der Waals surface area contributed by atoms with E-state index >= 15 is 0 Å². The fraction of sp³-hybridized carbons (Fsp3) is 0.0882. The van der Waals surface area contributed by atoms with Crippen LogP contribution in [0.25, 0.3) is 0 Å². The molecule has 0 aliphatic heterocycles. The normalized spacial score (nSPS) is 8.72. The Morgan fingerprint density at radius 2 is 0.930 bits per heavy atom. The van der Waals surface area contributed by atoms with Crippen LogP contribution in [0.1, 0.15) is 37.5 Å². The van der Waals surface area contributed by atoms with E-state index in [0.717, 1.165) is 0 Å². The summed E-state index contributed by atoms with van der Waals surface area (Å²) < 4.78 is 30.0. The molecule has 43 heavy (non-hydrogen) atoms. The predicted octanol–water partition coefficient (Wildman–Crippen LogP) is 5.20. The molecule has 0 heterocycles. The van der Waals surface area contributed by atoms with Gasteiger partial charge in [-0.15, -0.1) is 18.1 Å². The van der Waals surface area contributed by atoms with E-state index < -0.39 is 0 Å². The molecular formula is C34H24Co2O7-2. The molecule has 0 saturated carbocycles. The minimum Gasteiger partial charge on any atom is 0 e. The van der Waals surface area contributed by atoms with E-state index in [1.165, 1.54) is 20.8 Å². The maximum atomic E-state index is 13.2. The molecule has 3 rings (SSSR count). The van der Waals surface area contributed by atoms with Crippen LogP contribution in [0.3, 0.4) is 0 Å². The van der Waals surface area contributed by atoms with Gasteiger partial charge < -0.3 is 16.0 Å². The molecule has 0 fully saturated rings. The van der Waals surface area contributed by atoms with Crippen molar-refractivity contribution in [2.24, 2.45) is 0 Å². The average Bonchev–Trinajstić information content (AvgIpc) is 3.03. The van der Waals surface area contributed by atoms with Gasteiger partial charge in [-0.2, -0.15) is 24.1 Å². The number of benzene rings is 3. The largest absolute Gasteiger partial charge is 0 e. The third-order valence-electron chi connectivity index (χ3n) is 4.92. The summed E-state index contributed by atoms with van der Waals surface area (Å²) in [7, 11) is 0. The van der Waals surface area contributed by atoms with Crippen LogP contribution in [0.4, 0.5) is 0 Å². The first kappa shape index (κ1) is 46.3. The maximum absolute atomic E-state index is 13.2. The first-order valence-corrected chi connectivity index (χ1v) is 11.4. The van der Waals surface area contributed by atoms with Gasteiger partial charge in [0, 0.05) is 51.3 Å². The number of hydrogen-bond acceptors (Lipinski definition) is 3. The zero-order chi connectivity index (χ0) is 31.8. The molecule has 0 saturated heterocycles. The second-order valence-electron chi connectivity index (χ2n) is 7.52. The third kappa shape index (κ3) is 16.0. The summed E-state index contributed by atoms with van der Waals surface area (Å²) in [6.07, 6.45) is 6.04. The second-order valence-corrected chi connectivity index (χ2v) is 7.52. The van der Waals surface area contributed by atoms with Gasteiger partial charge in [0.25, 0.3) is 0 Å². The van der Waals surface area contributed by atoms with Crippen molar-refractivity contribution in [3.8, 4) is 0 Å². The fourth-order valence-electron chi connectivity index (χ4n) is 3.55. The molecule has 8 radical (unpaired) electrons. The molecule has 0 aromatic heterocycles. The molecule has 0 N–H and O–H groups in total. The van der Waals surface area contributed by atoms with E-state index in [1.54, 1.807) is 0 Å². The molecule has 7 nitrogen and oxygen atoms in total. The molecule has 0 aliphatic carbocycles. The van der Waals surface area contributed by atoms with E-state index in [-0.39, 0.29) is 62.7 Å². The SMILES string of the molecule is CC(=O)[C-][C]([C]([C]([C]([C-]c1ccccc1)C(C)=O)c1ccccc1)C(C)=O)c1ccccc1.[C-]#[O+].[C-]#[O+].[C-]#[O+].[C-]#[O+].[Co].[Co]. The van der Waals surface area contributed by atoms with Gasteiger partial charge >= 0.3 is 45.2 Å². The van der Waals surface area contributed by atoms with Gasteiger partial charge in [0.15, 0.2) is 0 Å². The molecule has 0 atom stereocenters. The molecule has 9 heteroatoms. The minimum absolute atomic E-state index is 0. The van der Waals surface area contributed by atoms with Crippen LogP contribution in [0.5, 0.6) is 0 Å². The summed E-state index contributed by atoms with van der Waals surface area (Å²) in [4.78, 5) is 38.2. The van der Waals surface area contributed by atoms with Gasteiger partial charge in [-0.05, 0) is 32.1 Å². The van der Waals surface area contributed by atoms with Crippen molar-refractivity contribution < 1.29 is 66.5 Å². The number of Topliss-reactive ketones (excluding diaryl/α,β-unsaturated/α-hetero) is 3. The van der Waals surface area contributed by atoms with Crippen LogP contribution < -0.4 is 0 Å². The van der Waals surface area contributed by atoms with Gasteiger partial charge in [-0.1, -0.05) is 72.3 Å². The van der Waals surface area contributed by atoms with Crippen LogP contribution in [0.15, 0.2) is 91.0 Å². The summed E-state index contributed by atoms with van der Waals surface area (Å²) >= 11 is 0. The van der Waals surface area contributed by atoms with Gasteiger partial charge in [0.2, 0.25) is 0 Å². The zero-order valence-corrected chi connectivity index (χ0v) is 25.3. The maximum Gasteiger partial charge on any atom is 0 e. The Labute approximate surface area is 274 Å². The van der Waals surface area contributed by atoms with E-state index in [9.17, 15) is 14.4 Å². The Bertz CT molecular complexity index is 1230. The smallest absolute Gasteiger partial charge is 0 e. The number of hydrogen-bond donors (Lipinski definition) is 0. The minimum atomic E-state index is -0.319. The number of rotatable bonds is 11. The monoisotopic (exact) mass is 662 g/mol. The summed E-state index contributed by atoms with van der Waals surface area (Å²) in [6.45, 7) is 22.3. The van der Waals surface area contributed by atoms with Crippen molar-refractivity contribution in [1.82, 2.24) is 0 Å². The van der Waals surface area contributed by atoms with Crippen LogP contribution >= 0.6 is 0 Å². The molecular weight excluding hydrogens is 638 g/mol. The zero-order valence-electron chi connectivity index (χ0n) is 23.2. The van der Waals surface area contributed by atoms with Crippen molar-refractivity contribution in [3.63, 3.8) is 0 Å². The van der Waals surface area contributed by atoms with E-state index in [0.29, 0.717) is 28.5 Å². The van der Waals surface area contributed by atoms with E-state index in [4.69, 9.17) is 18.6 Å². The van der Waals surface area contributed by atoms with Crippen molar-refractivity contribution in [1.29, 1.82) is 0 Å². The van der Waals surface area contributed by atoms with Crippen molar-refractivity contribution in [2.75, 3.05) is 0 Å². The van der Waals surface area contributed by atoms with Crippen LogP contribution in [0.2, 0.25) is 0 Å². The van der Waals surface area contributed by atoms with Gasteiger partial charge in [-0.25, -0.2) is 0 Å². The Balaban J connectivity index is -0.000000702. The van der Waals surface area contributed by atoms with Crippen LogP contribution in [0, 0.1) is 63.1 Å². The molecule has 3 aromatic rings. The molecule has 0 spiro atoms. The number of carbonyl (C=O) groups excluding carboxylic acids is 3. The molecule has 222 valence electrons. The Morgan fingerprint density at radius 3 is 1.28 bits per heavy atom. The summed E-state index contributed by atoms with van der Waals surface area (Å²) in [5.74, 6) is 0.435. The Hall–Kier alpha value is -3.62. The Kier molecular flexibility index (Phi) is 30.7. The quantitative estimate of drug-likeness (QED) is 0.207. The molecule has 0 amide bonds. The van der Waals surface area contributed by atoms with Crippen LogP contribution in [-0.4, -0.2) is 17.3 Å². The molecule has 0 unspecified atom stereocenters. The summed E-state index contributed by atoms with van der Waals surface area (Å²) in [6, 6.07) is 27.6. The number of carbonyl (C=O) groups is 3. The van der Waals surface area contributed by atoms with Crippen LogP contribution in [-0.2, 0) is 66.5 Å². The second kappa shape index (κ2) is 28.5.